The zero-order valence-electron chi connectivity index (χ0n) is 14.3. The van der Waals surface area contributed by atoms with Gasteiger partial charge in [-0.3, -0.25) is 4.79 Å². The van der Waals surface area contributed by atoms with E-state index in [0.717, 1.165) is 38.5 Å². The predicted molar refractivity (Wildman–Crippen MR) is 90.9 cm³/mol. The van der Waals surface area contributed by atoms with Crippen LogP contribution in [0.3, 0.4) is 0 Å². The molecule has 0 aromatic rings. The highest BCUT2D eigenvalue weighted by Crippen LogP contribution is 2.28. The van der Waals surface area contributed by atoms with E-state index in [2.05, 4.69) is 12.7 Å². The highest BCUT2D eigenvalue weighted by Gasteiger charge is 2.23. The fraction of sp³-hybridized carbons (Fsp3) is 0.789. The van der Waals surface area contributed by atoms with Gasteiger partial charge in [-0.15, -0.1) is 5.73 Å². The zero-order chi connectivity index (χ0) is 16.9. The van der Waals surface area contributed by atoms with Gasteiger partial charge >= 0.3 is 0 Å². The Morgan fingerprint density at radius 3 is 2.57 bits per heavy atom. The first kappa shape index (κ1) is 20.0. The number of aliphatic hydroxyl groups excluding tert-OH is 2. The molecule has 4 heteroatoms. The molecular weight excluding hydrogens is 292 g/mol. The molecule has 0 spiro atoms. The quantitative estimate of drug-likeness (QED) is 0.347. The second-order valence-electron chi connectivity index (χ2n) is 6.54. The Bertz CT molecular complexity index is 368. The van der Waals surface area contributed by atoms with Crippen LogP contribution < -0.4 is 0 Å². The summed E-state index contributed by atoms with van der Waals surface area (Å²) >= 11 is 0. The van der Waals surface area contributed by atoms with E-state index in [-0.39, 0.29) is 6.10 Å². The van der Waals surface area contributed by atoms with E-state index in [1.807, 2.05) is 0 Å². The van der Waals surface area contributed by atoms with E-state index < -0.39 is 12.2 Å². The molecule has 2 N–H and O–H groups in total. The van der Waals surface area contributed by atoms with Crippen LogP contribution in [0.2, 0.25) is 0 Å². The Morgan fingerprint density at radius 1 is 1.17 bits per heavy atom. The molecule has 4 nitrogen and oxygen atoms in total. The molecule has 0 aromatic carbocycles. The van der Waals surface area contributed by atoms with Crippen molar-refractivity contribution < 1.29 is 19.7 Å². The van der Waals surface area contributed by atoms with E-state index in [9.17, 15) is 15.0 Å². The fourth-order valence-corrected chi connectivity index (χ4v) is 3.16. The molecule has 3 atom stereocenters. The minimum Gasteiger partial charge on any atom is -0.460 e. The van der Waals surface area contributed by atoms with Crippen LogP contribution in [0.15, 0.2) is 17.9 Å². The largest absolute Gasteiger partial charge is 0.460 e. The molecule has 1 aliphatic carbocycles. The molecule has 132 valence electrons. The number of ether oxygens (including phenoxy) is 1. The molecule has 0 amide bonds. The van der Waals surface area contributed by atoms with Gasteiger partial charge in [0.1, 0.15) is 6.10 Å². The number of carbonyl (C=O) groups is 1. The minimum atomic E-state index is -0.712. The third kappa shape index (κ3) is 8.95. The van der Waals surface area contributed by atoms with Crippen molar-refractivity contribution in [3.05, 3.63) is 17.9 Å². The summed E-state index contributed by atoms with van der Waals surface area (Å²) < 4.78 is 5.00. The Hall–Kier alpha value is -1.09. The molecule has 0 bridgehead atoms. The van der Waals surface area contributed by atoms with Gasteiger partial charge < -0.3 is 14.9 Å². The van der Waals surface area contributed by atoms with Gasteiger partial charge in [0.15, 0.2) is 0 Å². The van der Waals surface area contributed by atoms with Crippen molar-refractivity contribution in [2.45, 2.75) is 89.4 Å². The van der Waals surface area contributed by atoms with Crippen molar-refractivity contribution in [1.29, 1.82) is 0 Å². The monoisotopic (exact) mass is 324 g/mol. The number of carbonyl (C=O) groups excluding carboxylic acids is 1. The molecule has 0 aromatic heterocycles. The lowest BCUT2D eigenvalue weighted by Gasteiger charge is -2.27. The maximum Gasteiger partial charge on any atom is 0.293 e. The highest BCUT2D eigenvalue weighted by molar-refractivity contribution is 5.38. The summed E-state index contributed by atoms with van der Waals surface area (Å²) in [5, 5.41) is 20.2. The molecular formula is C19H32O4. The second kappa shape index (κ2) is 12.3. The van der Waals surface area contributed by atoms with Crippen LogP contribution in [0.5, 0.6) is 0 Å². The molecule has 0 heterocycles. The summed E-state index contributed by atoms with van der Waals surface area (Å²) in [7, 11) is 0. The first-order valence-electron chi connectivity index (χ1n) is 9.05. The first-order valence-corrected chi connectivity index (χ1v) is 9.05. The van der Waals surface area contributed by atoms with Gasteiger partial charge in [-0.05, 0) is 43.8 Å². The van der Waals surface area contributed by atoms with Crippen molar-refractivity contribution >= 4 is 6.47 Å². The van der Waals surface area contributed by atoms with Crippen molar-refractivity contribution in [1.82, 2.24) is 0 Å². The normalized spacial score (nSPS) is 19.3. The lowest BCUT2D eigenvalue weighted by molar-refractivity contribution is -0.131. The topological polar surface area (TPSA) is 66.8 Å². The van der Waals surface area contributed by atoms with Gasteiger partial charge in [-0.2, -0.15) is 0 Å². The standard InChI is InChI=1S/C19H32O4/c1-2-3-5-12-18(23-15-20)13-8-11-17(21)14-19(22)16-9-6-4-7-10-16/h11,13,15-19,21-22H,2-7,9-10,12,14H2,1H3/t8?,17-,18-,19-/m1/s1. The molecule has 1 fully saturated rings. The van der Waals surface area contributed by atoms with Gasteiger partial charge in [-0.1, -0.05) is 39.0 Å². The molecule has 1 aliphatic rings. The zero-order valence-corrected chi connectivity index (χ0v) is 14.3. The minimum absolute atomic E-state index is 0.286. The van der Waals surface area contributed by atoms with E-state index in [1.165, 1.54) is 19.3 Å². The second-order valence-corrected chi connectivity index (χ2v) is 6.54. The van der Waals surface area contributed by atoms with Crippen molar-refractivity contribution in [2.24, 2.45) is 5.92 Å². The van der Waals surface area contributed by atoms with Gasteiger partial charge in [0.05, 0.1) is 12.2 Å². The van der Waals surface area contributed by atoms with E-state index >= 15 is 0 Å². The summed E-state index contributed by atoms with van der Waals surface area (Å²) in [5.41, 5.74) is 2.91. The maximum atomic E-state index is 10.5. The highest BCUT2D eigenvalue weighted by atomic mass is 16.5. The van der Waals surface area contributed by atoms with Crippen LogP contribution in [0, 0.1) is 5.92 Å². The SMILES string of the molecule is CCCCC[C@H](C=C=C[C@@H](O)C[C@@H](O)C1CCCCC1)OC=O. The number of hydrogen-bond acceptors (Lipinski definition) is 4. The number of aliphatic hydroxyl groups is 2. The molecule has 1 saturated carbocycles. The van der Waals surface area contributed by atoms with Gasteiger partial charge in [0.2, 0.25) is 0 Å². The van der Waals surface area contributed by atoms with Crippen molar-refractivity contribution in [3.63, 3.8) is 0 Å². The van der Waals surface area contributed by atoms with Gasteiger partial charge in [0.25, 0.3) is 6.47 Å². The maximum absolute atomic E-state index is 10.5. The van der Waals surface area contributed by atoms with E-state index in [4.69, 9.17) is 4.74 Å². The van der Waals surface area contributed by atoms with Crippen LogP contribution in [0.1, 0.15) is 71.1 Å². The summed E-state index contributed by atoms with van der Waals surface area (Å²) in [6.07, 6.45) is 11.8. The number of hydrogen-bond donors (Lipinski definition) is 2. The van der Waals surface area contributed by atoms with Crippen LogP contribution in [0.4, 0.5) is 0 Å². The summed E-state index contributed by atoms with van der Waals surface area (Å²) in [6, 6.07) is 0. The van der Waals surface area contributed by atoms with Crippen LogP contribution >= 0.6 is 0 Å². The predicted octanol–water partition coefficient (Wildman–Crippen LogP) is 3.51. The van der Waals surface area contributed by atoms with Crippen molar-refractivity contribution in [2.75, 3.05) is 0 Å². The lowest BCUT2D eigenvalue weighted by Crippen LogP contribution is -2.26. The Labute approximate surface area is 140 Å². The van der Waals surface area contributed by atoms with Gasteiger partial charge in [-0.25, -0.2) is 0 Å². The third-order valence-corrected chi connectivity index (χ3v) is 4.57. The molecule has 0 aliphatic heterocycles. The first-order chi connectivity index (χ1) is 11.2. The van der Waals surface area contributed by atoms with Crippen molar-refractivity contribution in [3.8, 4) is 0 Å². The third-order valence-electron chi connectivity index (χ3n) is 4.57. The Kier molecular flexibility index (Phi) is 10.7. The van der Waals surface area contributed by atoms with Crippen LogP contribution in [-0.4, -0.2) is 35.0 Å². The molecule has 0 radical (unpaired) electrons. The average Bonchev–Trinajstić information content (AvgIpc) is 2.56. The smallest absolute Gasteiger partial charge is 0.293 e. The summed E-state index contributed by atoms with van der Waals surface area (Å²) in [5.74, 6) is 0.316. The molecule has 23 heavy (non-hydrogen) atoms. The number of rotatable bonds is 11. The molecule has 1 rings (SSSR count). The number of unbranched alkanes of at least 4 members (excludes halogenated alkanes) is 2. The van der Waals surface area contributed by atoms with E-state index in [1.54, 1.807) is 12.2 Å². The molecule has 0 saturated heterocycles. The Balaban J connectivity index is 2.40. The summed E-state index contributed by atoms with van der Waals surface area (Å²) in [6.45, 7) is 2.58. The van der Waals surface area contributed by atoms with Crippen LogP contribution in [-0.2, 0) is 9.53 Å². The van der Waals surface area contributed by atoms with Gasteiger partial charge in [0, 0.05) is 6.42 Å². The Morgan fingerprint density at radius 2 is 1.91 bits per heavy atom. The van der Waals surface area contributed by atoms with E-state index in [0.29, 0.717) is 18.8 Å². The summed E-state index contributed by atoms with van der Waals surface area (Å²) in [4.78, 5) is 10.5. The molecule has 0 unspecified atom stereocenters. The average molecular weight is 324 g/mol. The fourth-order valence-electron chi connectivity index (χ4n) is 3.16. The lowest BCUT2D eigenvalue weighted by atomic mass is 9.83. The van der Waals surface area contributed by atoms with Crippen LogP contribution in [0.25, 0.3) is 0 Å².